The Morgan fingerprint density at radius 1 is 1.25 bits per heavy atom. The van der Waals surface area contributed by atoms with Gasteiger partial charge in [-0.1, -0.05) is 25.0 Å². The molecular weight excluding hydrogens is 306 g/mol. The van der Waals surface area contributed by atoms with Crippen molar-refractivity contribution < 1.29 is 9.47 Å². The molecule has 1 heterocycles. The highest BCUT2D eigenvalue weighted by Crippen LogP contribution is 2.30. The Balaban J connectivity index is 1.77. The first-order valence-corrected chi connectivity index (χ1v) is 8.33. The summed E-state index contributed by atoms with van der Waals surface area (Å²) in [6, 6.07) is 9.28. The molecule has 1 unspecified atom stereocenters. The maximum Gasteiger partial charge on any atom is 0.252 e. The molecule has 1 fully saturated rings. The third-order valence-electron chi connectivity index (χ3n) is 4.25. The molecule has 0 radical (unpaired) electrons. The summed E-state index contributed by atoms with van der Waals surface area (Å²) in [6.07, 6.45) is 4.29. The van der Waals surface area contributed by atoms with E-state index in [1.807, 2.05) is 31.2 Å². The van der Waals surface area contributed by atoms with Gasteiger partial charge in [0, 0.05) is 12.1 Å². The van der Waals surface area contributed by atoms with Crippen LogP contribution in [0.5, 0.6) is 11.5 Å². The van der Waals surface area contributed by atoms with Crippen molar-refractivity contribution in [2.24, 2.45) is 0 Å². The van der Waals surface area contributed by atoms with Gasteiger partial charge in [0.1, 0.15) is 6.10 Å². The van der Waals surface area contributed by atoms with E-state index in [2.05, 4.69) is 15.3 Å². The summed E-state index contributed by atoms with van der Waals surface area (Å²) in [5.41, 5.74) is 0.404. The molecule has 0 aliphatic heterocycles. The lowest BCUT2D eigenvalue weighted by Crippen LogP contribution is -2.22. The minimum Gasteiger partial charge on any atom is -0.493 e. The molecule has 1 saturated carbocycles. The van der Waals surface area contributed by atoms with Crippen molar-refractivity contribution in [1.82, 2.24) is 9.97 Å². The molecule has 2 N–H and O–H groups in total. The zero-order valence-electron chi connectivity index (χ0n) is 14.0. The van der Waals surface area contributed by atoms with Crippen LogP contribution in [-0.2, 0) is 0 Å². The number of hydrogen-bond acceptors (Lipinski definition) is 5. The van der Waals surface area contributed by atoms with Gasteiger partial charge in [0.05, 0.1) is 12.8 Å². The van der Waals surface area contributed by atoms with Gasteiger partial charge in [0.2, 0.25) is 5.95 Å². The molecule has 0 amide bonds. The zero-order valence-corrected chi connectivity index (χ0v) is 14.0. The lowest BCUT2D eigenvalue weighted by atomic mass is 10.2. The Labute approximate surface area is 141 Å². The molecule has 1 aromatic heterocycles. The quantitative estimate of drug-likeness (QED) is 0.850. The van der Waals surface area contributed by atoms with Crippen molar-refractivity contribution in [3.05, 3.63) is 46.4 Å². The highest BCUT2D eigenvalue weighted by molar-refractivity contribution is 5.39. The lowest BCUT2D eigenvalue weighted by Gasteiger charge is -2.18. The minimum absolute atomic E-state index is 0.184. The molecule has 1 aliphatic rings. The normalized spacial score (nSPS) is 15.9. The number of nitrogens with zero attached hydrogens (tertiary/aromatic N) is 1. The topological polar surface area (TPSA) is 76.2 Å². The number of rotatable bonds is 6. The average Bonchev–Trinajstić information content (AvgIpc) is 3.07. The molecule has 1 atom stereocenters. The number of methoxy groups -OCH3 is 1. The maximum absolute atomic E-state index is 11.9. The van der Waals surface area contributed by atoms with Crippen molar-refractivity contribution >= 4 is 5.95 Å². The number of nitrogens with one attached hydrogen (secondary N) is 2. The van der Waals surface area contributed by atoms with Gasteiger partial charge in [0.15, 0.2) is 11.5 Å². The van der Waals surface area contributed by atoms with E-state index in [1.54, 1.807) is 7.11 Å². The van der Waals surface area contributed by atoms with Gasteiger partial charge in [-0.2, -0.15) is 0 Å². The Kier molecular flexibility index (Phi) is 5.03. The molecule has 2 aromatic rings. The zero-order chi connectivity index (χ0) is 16.9. The summed E-state index contributed by atoms with van der Waals surface area (Å²) in [6.45, 7) is 1.87. The summed E-state index contributed by atoms with van der Waals surface area (Å²) in [7, 11) is 1.60. The number of benzene rings is 1. The third-order valence-corrected chi connectivity index (χ3v) is 4.25. The van der Waals surface area contributed by atoms with Crippen molar-refractivity contribution in [1.29, 1.82) is 0 Å². The number of hydrogen-bond donors (Lipinski definition) is 2. The molecule has 0 bridgehead atoms. The Morgan fingerprint density at radius 3 is 2.67 bits per heavy atom. The molecule has 24 heavy (non-hydrogen) atoms. The fourth-order valence-electron chi connectivity index (χ4n) is 2.98. The maximum atomic E-state index is 11.9. The fraction of sp³-hybridized carbons (Fsp3) is 0.444. The highest BCUT2D eigenvalue weighted by Gasteiger charge is 2.18. The monoisotopic (exact) mass is 329 g/mol. The summed E-state index contributed by atoms with van der Waals surface area (Å²) in [4.78, 5) is 19.2. The molecule has 128 valence electrons. The fourth-order valence-corrected chi connectivity index (χ4v) is 2.98. The first-order chi connectivity index (χ1) is 11.7. The summed E-state index contributed by atoms with van der Waals surface area (Å²) in [5.74, 6) is 1.79. The predicted molar refractivity (Wildman–Crippen MR) is 92.8 cm³/mol. The van der Waals surface area contributed by atoms with E-state index < -0.39 is 0 Å². The third kappa shape index (κ3) is 3.88. The number of ether oxygens (including phenoxy) is 2. The van der Waals surface area contributed by atoms with Crippen molar-refractivity contribution in [2.75, 3.05) is 12.4 Å². The van der Waals surface area contributed by atoms with Gasteiger partial charge in [0.25, 0.3) is 5.56 Å². The smallest absolute Gasteiger partial charge is 0.252 e. The van der Waals surface area contributed by atoms with Crippen LogP contribution in [0.4, 0.5) is 5.95 Å². The van der Waals surface area contributed by atoms with Crippen LogP contribution in [-0.4, -0.2) is 23.1 Å². The minimum atomic E-state index is -0.368. The molecule has 0 saturated heterocycles. The van der Waals surface area contributed by atoms with Crippen LogP contribution in [0.15, 0.2) is 35.1 Å². The number of para-hydroxylation sites is 2. The van der Waals surface area contributed by atoms with Crippen LogP contribution in [0, 0.1) is 0 Å². The molecule has 1 aromatic carbocycles. The molecule has 1 aliphatic carbocycles. The van der Waals surface area contributed by atoms with Gasteiger partial charge in [-0.05, 0) is 31.9 Å². The van der Waals surface area contributed by atoms with E-state index in [0.717, 1.165) is 12.8 Å². The van der Waals surface area contributed by atoms with E-state index in [-0.39, 0.29) is 11.7 Å². The number of aromatic amines is 1. The van der Waals surface area contributed by atoms with Gasteiger partial charge in [-0.15, -0.1) is 0 Å². The van der Waals surface area contributed by atoms with E-state index >= 15 is 0 Å². The highest BCUT2D eigenvalue weighted by atomic mass is 16.5. The van der Waals surface area contributed by atoms with Crippen molar-refractivity contribution in [2.45, 2.75) is 44.8 Å². The molecule has 3 rings (SSSR count). The van der Waals surface area contributed by atoms with Crippen molar-refractivity contribution in [3.63, 3.8) is 0 Å². The van der Waals surface area contributed by atoms with Crippen LogP contribution in [0.25, 0.3) is 0 Å². The number of aromatic nitrogens is 2. The standard InChI is InChI=1S/C18H23N3O3/c1-12(24-16-10-6-5-9-15(16)23-2)14-11-17(22)21-18(20-14)19-13-7-3-4-8-13/h5-6,9-13H,3-4,7-8H2,1-2H3,(H2,19,20,21,22). The van der Waals surface area contributed by atoms with Crippen LogP contribution < -0.4 is 20.3 Å². The summed E-state index contributed by atoms with van der Waals surface area (Å²) in [5, 5.41) is 3.32. The van der Waals surface area contributed by atoms with Gasteiger partial charge in [-0.25, -0.2) is 4.98 Å². The summed E-state index contributed by atoms with van der Waals surface area (Å²) >= 11 is 0. The second-order valence-electron chi connectivity index (χ2n) is 6.06. The van der Waals surface area contributed by atoms with Crippen LogP contribution >= 0.6 is 0 Å². The molecule has 6 nitrogen and oxygen atoms in total. The van der Waals surface area contributed by atoms with Gasteiger partial charge < -0.3 is 14.8 Å². The predicted octanol–water partition coefficient (Wildman–Crippen LogP) is 3.27. The first-order valence-electron chi connectivity index (χ1n) is 8.33. The van der Waals surface area contributed by atoms with Crippen LogP contribution in [0.2, 0.25) is 0 Å². The van der Waals surface area contributed by atoms with E-state index in [1.165, 1.54) is 18.9 Å². The largest absolute Gasteiger partial charge is 0.493 e. The molecular formula is C18H23N3O3. The lowest BCUT2D eigenvalue weighted by molar-refractivity contribution is 0.211. The first kappa shape index (κ1) is 16.4. The van der Waals surface area contributed by atoms with Gasteiger partial charge >= 0.3 is 0 Å². The van der Waals surface area contributed by atoms with Crippen LogP contribution in [0.3, 0.4) is 0 Å². The average molecular weight is 329 g/mol. The number of anilines is 1. The Bertz CT molecular complexity index is 738. The second kappa shape index (κ2) is 7.38. The van der Waals surface area contributed by atoms with Gasteiger partial charge in [-0.3, -0.25) is 9.78 Å². The molecule has 6 heteroatoms. The van der Waals surface area contributed by atoms with Crippen molar-refractivity contribution in [3.8, 4) is 11.5 Å². The SMILES string of the molecule is COc1ccccc1OC(C)c1cc(=O)[nH]c(NC2CCCC2)n1. The van der Waals surface area contributed by atoms with E-state index in [0.29, 0.717) is 29.2 Å². The Morgan fingerprint density at radius 2 is 1.96 bits per heavy atom. The van der Waals surface area contributed by atoms with E-state index in [9.17, 15) is 4.79 Å². The van der Waals surface area contributed by atoms with Crippen LogP contribution in [0.1, 0.15) is 44.4 Å². The molecule has 0 spiro atoms. The Hall–Kier alpha value is -2.50. The van der Waals surface area contributed by atoms with E-state index in [4.69, 9.17) is 9.47 Å². The number of H-pyrrole nitrogens is 1. The summed E-state index contributed by atoms with van der Waals surface area (Å²) < 4.78 is 11.2. The second-order valence-corrected chi connectivity index (χ2v) is 6.06.